The van der Waals surface area contributed by atoms with Crippen molar-refractivity contribution in [2.24, 2.45) is 11.8 Å². The molecule has 4 unspecified atom stereocenters. The number of aromatic nitrogens is 2. The van der Waals surface area contributed by atoms with Crippen LogP contribution in [0.4, 0.5) is 0 Å². The predicted molar refractivity (Wildman–Crippen MR) is 169 cm³/mol. The molecule has 0 aliphatic carbocycles. The molecular weight excluding hydrogens is 584 g/mol. The Hall–Kier alpha value is -5.48. The van der Waals surface area contributed by atoms with Gasteiger partial charge in [0.25, 0.3) is 0 Å². The second-order valence-electron chi connectivity index (χ2n) is 11.7. The number of hydrogen-bond donors (Lipinski definition) is 3. The molecule has 2 aliphatic rings. The van der Waals surface area contributed by atoms with Crippen molar-refractivity contribution in [3.63, 3.8) is 0 Å². The number of nitrogens with one attached hydrogen (secondary N) is 2. The Labute approximate surface area is 265 Å². The number of H-pyrrole nitrogens is 1. The number of hydrogen-bond acceptors (Lipinski definition) is 7. The number of pyridine rings is 1. The Morgan fingerprint density at radius 2 is 1.74 bits per heavy atom. The van der Waals surface area contributed by atoms with Gasteiger partial charge in [0.05, 0.1) is 31.2 Å². The van der Waals surface area contributed by atoms with Gasteiger partial charge in [0.2, 0.25) is 11.8 Å². The van der Waals surface area contributed by atoms with Crippen LogP contribution in [0.3, 0.4) is 0 Å². The summed E-state index contributed by atoms with van der Waals surface area (Å²) in [5.74, 6) is -3.65. The molecule has 7 rings (SSSR count). The van der Waals surface area contributed by atoms with E-state index in [-0.39, 0.29) is 19.6 Å². The minimum atomic E-state index is -1.81. The minimum absolute atomic E-state index is 0.0371. The maximum Gasteiger partial charge on any atom is 0.325 e. The summed E-state index contributed by atoms with van der Waals surface area (Å²) in [5.41, 5.74) is 1.74. The van der Waals surface area contributed by atoms with E-state index in [4.69, 9.17) is 9.47 Å². The molecule has 0 spiro atoms. The van der Waals surface area contributed by atoms with E-state index >= 15 is 0 Å². The van der Waals surface area contributed by atoms with Crippen molar-refractivity contribution in [3.8, 4) is 11.5 Å². The number of fused-ring (bicyclic) bond motifs is 2. The predicted octanol–water partition coefficient (Wildman–Crippen LogP) is 4.66. The summed E-state index contributed by atoms with van der Waals surface area (Å²) in [7, 11) is 1.52. The van der Waals surface area contributed by atoms with Gasteiger partial charge in [-0.05, 0) is 35.4 Å². The topological polar surface area (TPSA) is 134 Å². The van der Waals surface area contributed by atoms with E-state index in [1.165, 1.54) is 7.11 Å². The zero-order valence-corrected chi connectivity index (χ0v) is 25.1. The first-order valence-electron chi connectivity index (χ1n) is 15.1. The molecule has 4 heterocycles. The summed E-state index contributed by atoms with van der Waals surface area (Å²) >= 11 is 0. The third-order valence-electron chi connectivity index (χ3n) is 9.11. The summed E-state index contributed by atoms with van der Waals surface area (Å²) in [6, 6.07) is 26.9. The van der Waals surface area contributed by atoms with Crippen molar-refractivity contribution in [3.05, 3.63) is 126 Å². The van der Waals surface area contributed by atoms with Gasteiger partial charge in [-0.3, -0.25) is 29.6 Å². The van der Waals surface area contributed by atoms with Gasteiger partial charge in [-0.15, -0.1) is 0 Å². The molecule has 2 saturated heterocycles. The Morgan fingerprint density at radius 3 is 2.50 bits per heavy atom. The Kier molecular flexibility index (Phi) is 7.50. The quantitative estimate of drug-likeness (QED) is 0.193. The summed E-state index contributed by atoms with van der Waals surface area (Å²) in [6.45, 7) is 0.156. The summed E-state index contributed by atoms with van der Waals surface area (Å²) in [6.07, 6.45) is 3.33. The van der Waals surface area contributed by atoms with Gasteiger partial charge >= 0.3 is 5.97 Å². The maximum atomic E-state index is 14.3. The van der Waals surface area contributed by atoms with Crippen molar-refractivity contribution in [1.29, 1.82) is 0 Å². The number of aromatic amines is 1. The smallest absolute Gasteiger partial charge is 0.325 e. The van der Waals surface area contributed by atoms with Crippen molar-refractivity contribution in [2.45, 2.75) is 31.2 Å². The number of carbonyl (C=O) groups excluding carboxylic acids is 2. The highest BCUT2D eigenvalue weighted by atomic mass is 16.5. The van der Waals surface area contributed by atoms with Crippen molar-refractivity contribution < 1.29 is 29.0 Å². The van der Waals surface area contributed by atoms with Crippen LogP contribution in [0.25, 0.3) is 10.9 Å². The average molecular weight is 617 g/mol. The number of likely N-dealkylation sites (tertiary alicyclic amines) is 1. The highest BCUT2D eigenvalue weighted by molar-refractivity contribution is 6.09. The van der Waals surface area contributed by atoms with Crippen LogP contribution in [0, 0.1) is 11.8 Å². The molecule has 2 aliphatic heterocycles. The number of carboxylic acids is 1. The average Bonchev–Trinajstić information content (AvgIpc) is 3.73. The van der Waals surface area contributed by atoms with Crippen LogP contribution in [0.5, 0.6) is 11.5 Å². The number of benzene rings is 3. The molecule has 10 heteroatoms. The maximum absolute atomic E-state index is 14.3. The fourth-order valence-electron chi connectivity index (χ4n) is 6.97. The highest BCUT2D eigenvalue weighted by Gasteiger charge is 2.68. The van der Waals surface area contributed by atoms with E-state index < -0.39 is 41.2 Å². The number of methoxy groups -OCH3 is 1. The Morgan fingerprint density at radius 1 is 0.957 bits per heavy atom. The largest absolute Gasteiger partial charge is 0.493 e. The molecule has 0 saturated carbocycles. The van der Waals surface area contributed by atoms with Crippen LogP contribution >= 0.6 is 0 Å². The molecule has 2 fully saturated rings. The monoisotopic (exact) mass is 616 g/mol. The number of para-hydroxylation sites is 2. The molecule has 5 aromatic rings. The molecule has 46 heavy (non-hydrogen) atoms. The molecule has 0 radical (unpaired) electrons. The number of amides is 2. The van der Waals surface area contributed by atoms with Crippen LogP contribution in [0.15, 0.2) is 103 Å². The summed E-state index contributed by atoms with van der Waals surface area (Å²) in [4.78, 5) is 50.8. The third-order valence-corrected chi connectivity index (χ3v) is 9.11. The van der Waals surface area contributed by atoms with Gasteiger partial charge in [0.1, 0.15) is 12.1 Å². The standard InChI is InChI=1S/C36H32N4O6/c1-45-28-16-9-14-26(32(28)46-21-22-10-3-2-4-11-22)31-29-30(34(42)40(33(29)41)20-24-12-7-8-17-37-24)36(39-31,35(43)44)18-23-19-38-27-15-6-5-13-25(23)27/h2-17,19,29-31,38-39H,18,20-21H2,1H3,(H,43,44). The van der Waals surface area contributed by atoms with E-state index in [0.717, 1.165) is 26.9 Å². The SMILES string of the molecule is COc1cccc(C2NC(Cc3c[nH]c4ccccc34)(C(=O)O)C3C(=O)N(Cc4ccccn4)C(=O)C23)c1OCc1ccccc1. The summed E-state index contributed by atoms with van der Waals surface area (Å²) in [5, 5.41) is 15.2. The van der Waals surface area contributed by atoms with Crippen molar-refractivity contribution in [2.75, 3.05) is 7.11 Å². The fraction of sp³-hybridized carbons (Fsp3) is 0.222. The Balaban J connectivity index is 1.35. The van der Waals surface area contributed by atoms with Crippen LogP contribution in [-0.4, -0.2) is 50.4 Å². The second kappa shape index (κ2) is 11.8. The van der Waals surface area contributed by atoms with Gasteiger partial charge < -0.3 is 19.6 Å². The van der Waals surface area contributed by atoms with Crippen LogP contribution in [0.2, 0.25) is 0 Å². The normalized spacial score (nSPS) is 22.3. The van der Waals surface area contributed by atoms with Crippen LogP contribution < -0.4 is 14.8 Å². The van der Waals surface area contributed by atoms with Crippen molar-refractivity contribution >= 4 is 28.7 Å². The van der Waals surface area contributed by atoms with E-state index in [9.17, 15) is 19.5 Å². The molecule has 2 amide bonds. The number of carbonyl (C=O) groups is 3. The Bertz CT molecular complexity index is 1930. The zero-order chi connectivity index (χ0) is 31.8. The van der Waals surface area contributed by atoms with Crippen LogP contribution in [-0.2, 0) is 34.0 Å². The first kappa shape index (κ1) is 29.2. The lowest BCUT2D eigenvalue weighted by Gasteiger charge is -2.31. The van der Waals surface area contributed by atoms with Gasteiger partial charge in [0, 0.05) is 41.3 Å². The van der Waals surface area contributed by atoms with E-state index in [1.807, 2.05) is 54.6 Å². The lowest BCUT2D eigenvalue weighted by Crippen LogP contribution is -2.57. The third kappa shape index (κ3) is 4.87. The fourth-order valence-corrected chi connectivity index (χ4v) is 6.97. The lowest BCUT2D eigenvalue weighted by molar-refractivity contribution is -0.151. The van der Waals surface area contributed by atoms with E-state index in [2.05, 4.69) is 15.3 Å². The first-order chi connectivity index (χ1) is 22.4. The number of carboxylic acid groups (broad SMARTS) is 1. The number of imide groups is 1. The molecular formula is C36H32N4O6. The van der Waals surface area contributed by atoms with Gasteiger partial charge in [-0.25, -0.2) is 0 Å². The highest BCUT2D eigenvalue weighted by Crippen LogP contribution is 2.53. The molecule has 232 valence electrons. The van der Waals surface area contributed by atoms with Gasteiger partial charge in [-0.1, -0.05) is 66.7 Å². The zero-order valence-electron chi connectivity index (χ0n) is 25.1. The lowest BCUT2D eigenvalue weighted by atomic mass is 9.76. The van der Waals surface area contributed by atoms with E-state index in [1.54, 1.807) is 48.8 Å². The molecule has 3 N–H and O–H groups in total. The van der Waals surface area contributed by atoms with E-state index in [0.29, 0.717) is 22.8 Å². The van der Waals surface area contributed by atoms with Gasteiger partial charge in [-0.2, -0.15) is 0 Å². The number of ether oxygens (including phenoxy) is 2. The van der Waals surface area contributed by atoms with Crippen LogP contribution in [0.1, 0.15) is 28.4 Å². The molecule has 2 aromatic heterocycles. The number of nitrogens with zero attached hydrogens (tertiary/aromatic N) is 2. The second-order valence-corrected chi connectivity index (χ2v) is 11.7. The molecule has 0 bridgehead atoms. The van der Waals surface area contributed by atoms with Crippen molar-refractivity contribution in [1.82, 2.24) is 20.2 Å². The summed E-state index contributed by atoms with van der Waals surface area (Å²) < 4.78 is 12.0. The number of aliphatic carboxylic acids is 1. The molecule has 4 atom stereocenters. The molecule has 10 nitrogen and oxygen atoms in total. The molecule has 3 aromatic carbocycles. The van der Waals surface area contributed by atoms with Gasteiger partial charge in [0.15, 0.2) is 11.5 Å². The number of rotatable bonds is 10. The first-order valence-corrected chi connectivity index (χ1v) is 15.1. The minimum Gasteiger partial charge on any atom is -0.493 e.